The summed E-state index contributed by atoms with van der Waals surface area (Å²) in [5.41, 5.74) is 1.24. The number of ether oxygens (including phenoxy) is 2. The van der Waals surface area contributed by atoms with Crippen molar-refractivity contribution in [3.05, 3.63) is 23.8 Å². The average molecular weight is 502 g/mol. The molecular weight excluding hydrogens is 467 g/mol. The summed E-state index contributed by atoms with van der Waals surface area (Å²) in [6, 6.07) is 6.91. The Balaban J connectivity index is 0.00000280. The zero-order valence-electron chi connectivity index (χ0n) is 17.2. The minimum absolute atomic E-state index is 0. The highest BCUT2D eigenvalue weighted by molar-refractivity contribution is 14.0. The molecular formula is C21H35IN4O2. The molecule has 3 rings (SSSR count). The molecule has 1 aromatic rings. The molecule has 2 aliphatic heterocycles. The van der Waals surface area contributed by atoms with Crippen molar-refractivity contribution in [2.75, 3.05) is 46.4 Å². The van der Waals surface area contributed by atoms with Crippen molar-refractivity contribution in [2.45, 2.75) is 45.1 Å². The number of piperidine rings is 1. The maximum absolute atomic E-state index is 5.65. The van der Waals surface area contributed by atoms with Gasteiger partial charge in [-0.3, -0.25) is 4.99 Å². The van der Waals surface area contributed by atoms with Crippen molar-refractivity contribution in [3.63, 3.8) is 0 Å². The van der Waals surface area contributed by atoms with Crippen LogP contribution in [0.4, 0.5) is 0 Å². The molecule has 1 fully saturated rings. The number of rotatable bonds is 7. The predicted octanol–water partition coefficient (Wildman–Crippen LogP) is 3.05. The van der Waals surface area contributed by atoms with Crippen molar-refractivity contribution in [2.24, 2.45) is 4.99 Å². The topological polar surface area (TPSA) is 58.1 Å². The summed E-state index contributed by atoms with van der Waals surface area (Å²) in [6.07, 6.45) is 6.14. The van der Waals surface area contributed by atoms with Gasteiger partial charge in [0.1, 0.15) is 13.2 Å². The molecule has 2 heterocycles. The zero-order chi connectivity index (χ0) is 18.9. The van der Waals surface area contributed by atoms with Crippen LogP contribution in [0.5, 0.6) is 11.5 Å². The molecule has 0 aromatic heterocycles. The third-order valence-electron chi connectivity index (χ3n) is 5.39. The lowest BCUT2D eigenvalue weighted by Crippen LogP contribution is -2.41. The van der Waals surface area contributed by atoms with E-state index in [9.17, 15) is 0 Å². The van der Waals surface area contributed by atoms with Gasteiger partial charge >= 0.3 is 0 Å². The Morgan fingerprint density at radius 3 is 2.71 bits per heavy atom. The molecule has 1 aromatic carbocycles. The molecule has 0 saturated carbocycles. The van der Waals surface area contributed by atoms with Gasteiger partial charge in [-0.05, 0) is 56.8 Å². The standard InChI is InChI=1S/C21H34N4O2.HI/c1-17-6-3-4-12-25(17)13-5-10-23-21(22-2)24-11-9-18-7-8-19-20(16-18)27-15-14-26-19;/h7-8,16-17H,3-6,9-15H2,1-2H3,(H2,22,23,24);1H. The SMILES string of the molecule is CN=C(NCCCN1CCCCC1C)NCCc1ccc2c(c1)OCCO2.I. The van der Waals surface area contributed by atoms with Gasteiger partial charge in [0.05, 0.1) is 0 Å². The Labute approximate surface area is 186 Å². The maximum Gasteiger partial charge on any atom is 0.190 e. The number of hydrogen-bond acceptors (Lipinski definition) is 4. The highest BCUT2D eigenvalue weighted by Gasteiger charge is 2.17. The first-order valence-corrected chi connectivity index (χ1v) is 10.3. The largest absolute Gasteiger partial charge is 0.486 e. The van der Waals surface area contributed by atoms with Crippen LogP contribution >= 0.6 is 24.0 Å². The van der Waals surface area contributed by atoms with Crippen LogP contribution in [0.1, 0.15) is 38.2 Å². The van der Waals surface area contributed by atoms with Crippen LogP contribution in [0.2, 0.25) is 0 Å². The van der Waals surface area contributed by atoms with Gasteiger partial charge in [-0.1, -0.05) is 12.5 Å². The first-order chi connectivity index (χ1) is 13.3. The maximum atomic E-state index is 5.65. The van der Waals surface area contributed by atoms with Gasteiger partial charge in [-0.2, -0.15) is 0 Å². The smallest absolute Gasteiger partial charge is 0.190 e. The molecule has 1 atom stereocenters. The van der Waals surface area contributed by atoms with E-state index in [1.54, 1.807) is 0 Å². The van der Waals surface area contributed by atoms with E-state index in [0.29, 0.717) is 13.2 Å². The molecule has 158 valence electrons. The lowest BCUT2D eigenvalue weighted by molar-refractivity contribution is 0.159. The number of nitrogens with zero attached hydrogens (tertiary/aromatic N) is 2. The van der Waals surface area contributed by atoms with Crippen molar-refractivity contribution < 1.29 is 9.47 Å². The number of aliphatic imine (C=N–C) groups is 1. The van der Waals surface area contributed by atoms with E-state index < -0.39 is 0 Å². The fraction of sp³-hybridized carbons (Fsp3) is 0.667. The Kier molecular flexibility index (Phi) is 10.2. The lowest BCUT2D eigenvalue weighted by Gasteiger charge is -2.33. The molecule has 2 aliphatic rings. The van der Waals surface area contributed by atoms with Crippen molar-refractivity contribution in [3.8, 4) is 11.5 Å². The molecule has 2 N–H and O–H groups in total. The second-order valence-corrected chi connectivity index (χ2v) is 7.39. The number of fused-ring (bicyclic) bond motifs is 1. The van der Waals surface area contributed by atoms with Gasteiger partial charge in [-0.15, -0.1) is 24.0 Å². The number of halogens is 1. The summed E-state index contributed by atoms with van der Waals surface area (Å²) >= 11 is 0. The van der Waals surface area contributed by atoms with Gasteiger partial charge in [0.15, 0.2) is 17.5 Å². The van der Waals surface area contributed by atoms with Crippen molar-refractivity contribution in [1.82, 2.24) is 15.5 Å². The van der Waals surface area contributed by atoms with Gasteiger partial charge in [0.2, 0.25) is 0 Å². The second kappa shape index (κ2) is 12.4. The quantitative estimate of drug-likeness (QED) is 0.260. The van der Waals surface area contributed by atoms with E-state index in [-0.39, 0.29) is 24.0 Å². The normalized spacial score (nSPS) is 19.6. The first kappa shape index (κ1) is 23.1. The Morgan fingerprint density at radius 2 is 1.93 bits per heavy atom. The third-order valence-corrected chi connectivity index (χ3v) is 5.39. The van der Waals surface area contributed by atoms with E-state index in [0.717, 1.165) is 49.4 Å². The van der Waals surface area contributed by atoms with E-state index in [4.69, 9.17) is 9.47 Å². The van der Waals surface area contributed by atoms with Crippen LogP contribution in [0.25, 0.3) is 0 Å². The summed E-state index contributed by atoms with van der Waals surface area (Å²) in [6.45, 7) is 7.82. The van der Waals surface area contributed by atoms with Crippen LogP contribution in [0.3, 0.4) is 0 Å². The monoisotopic (exact) mass is 502 g/mol. The van der Waals surface area contributed by atoms with E-state index >= 15 is 0 Å². The van der Waals surface area contributed by atoms with Gasteiger partial charge in [0, 0.05) is 32.7 Å². The molecule has 1 saturated heterocycles. The molecule has 0 spiro atoms. The van der Waals surface area contributed by atoms with Gasteiger partial charge in [0.25, 0.3) is 0 Å². The zero-order valence-corrected chi connectivity index (χ0v) is 19.5. The van der Waals surface area contributed by atoms with Crippen LogP contribution in [0.15, 0.2) is 23.2 Å². The predicted molar refractivity (Wildman–Crippen MR) is 125 cm³/mol. The summed E-state index contributed by atoms with van der Waals surface area (Å²) in [5, 5.41) is 6.83. The Hall–Kier alpha value is -1.22. The molecule has 28 heavy (non-hydrogen) atoms. The summed E-state index contributed by atoms with van der Waals surface area (Å²) in [7, 11) is 1.83. The Morgan fingerprint density at radius 1 is 1.14 bits per heavy atom. The van der Waals surface area contributed by atoms with E-state index in [1.807, 2.05) is 13.1 Å². The molecule has 0 amide bonds. The van der Waals surface area contributed by atoms with Crippen LogP contribution in [-0.2, 0) is 6.42 Å². The number of hydrogen-bond donors (Lipinski definition) is 2. The van der Waals surface area contributed by atoms with Crippen molar-refractivity contribution >= 4 is 29.9 Å². The molecule has 0 aliphatic carbocycles. The summed E-state index contributed by atoms with van der Waals surface area (Å²) in [5.74, 6) is 2.57. The third kappa shape index (κ3) is 6.99. The fourth-order valence-electron chi connectivity index (χ4n) is 3.77. The van der Waals surface area contributed by atoms with Gasteiger partial charge < -0.3 is 25.0 Å². The number of nitrogens with one attached hydrogen (secondary N) is 2. The highest BCUT2D eigenvalue weighted by atomic mass is 127. The van der Waals surface area contributed by atoms with Crippen LogP contribution < -0.4 is 20.1 Å². The van der Waals surface area contributed by atoms with E-state index in [2.05, 4.69) is 39.6 Å². The number of likely N-dealkylation sites (tertiary alicyclic amines) is 1. The second-order valence-electron chi connectivity index (χ2n) is 7.39. The first-order valence-electron chi connectivity index (χ1n) is 10.3. The minimum atomic E-state index is 0. The minimum Gasteiger partial charge on any atom is -0.486 e. The lowest BCUT2D eigenvalue weighted by atomic mass is 10.0. The van der Waals surface area contributed by atoms with Gasteiger partial charge in [-0.25, -0.2) is 0 Å². The molecule has 0 bridgehead atoms. The number of benzene rings is 1. The van der Waals surface area contributed by atoms with Crippen LogP contribution in [-0.4, -0.2) is 63.3 Å². The van der Waals surface area contributed by atoms with Crippen LogP contribution in [0, 0.1) is 0 Å². The molecule has 7 heteroatoms. The summed E-state index contributed by atoms with van der Waals surface area (Å²) < 4.78 is 11.2. The number of guanidine groups is 1. The summed E-state index contributed by atoms with van der Waals surface area (Å²) in [4.78, 5) is 6.94. The fourth-order valence-corrected chi connectivity index (χ4v) is 3.77. The van der Waals surface area contributed by atoms with Crippen molar-refractivity contribution in [1.29, 1.82) is 0 Å². The molecule has 1 unspecified atom stereocenters. The molecule has 0 radical (unpaired) electrons. The Bertz CT molecular complexity index is 626. The highest BCUT2D eigenvalue weighted by Crippen LogP contribution is 2.30. The molecule has 6 nitrogen and oxygen atoms in total. The average Bonchev–Trinajstić information content (AvgIpc) is 2.71. The van der Waals surface area contributed by atoms with E-state index in [1.165, 1.54) is 37.9 Å².